The Morgan fingerprint density at radius 3 is 2.90 bits per heavy atom. The van der Waals surface area contributed by atoms with Gasteiger partial charge in [0.25, 0.3) is 0 Å². The average Bonchev–Trinajstić information content (AvgIpc) is 2.41. The molecule has 0 aromatic heterocycles. The molecule has 20 heavy (non-hydrogen) atoms. The Bertz CT molecular complexity index is 509. The quantitative estimate of drug-likeness (QED) is 0.843. The highest BCUT2D eigenvalue weighted by Crippen LogP contribution is 2.12. The number of benzene rings is 1. The van der Waals surface area contributed by atoms with Crippen LogP contribution in [0.3, 0.4) is 0 Å². The lowest BCUT2D eigenvalue weighted by Crippen LogP contribution is -2.48. The lowest BCUT2D eigenvalue weighted by atomic mass is 10.2. The number of rotatable bonds is 4. The number of morpholine rings is 1. The minimum Gasteiger partial charge on any atom is -0.479 e. The van der Waals surface area contributed by atoms with E-state index in [1.807, 2.05) is 0 Å². The summed E-state index contributed by atoms with van der Waals surface area (Å²) in [6.07, 6.45) is -0.926. The molecule has 7 heteroatoms. The van der Waals surface area contributed by atoms with Crippen molar-refractivity contribution in [2.75, 3.05) is 31.6 Å². The normalized spacial score (nSPS) is 19.6. The first kappa shape index (κ1) is 14.4. The Balaban J connectivity index is 1.88. The van der Waals surface area contributed by atoms with Gasteiger partial charge in [0.1, 0.15) is 5.82 Å². The fraction of sp³-hybridized carbons (Fsp3) is 0.385. The van der Waals surface area contributed by atoms with Gasteiger partial charge in [0.05, 0.1) is 18.8 Å². The van der Waals surface area contributed by atoms with E-state index in [0.717, 1.165) is 0 Å². The number of carbonyl (C=O) groups excluding carboxylic acids is 1. The summed E-state index contributed by atoms with van der Waals surface area (Å²) in [5.74, 6) is -1.95. The van der Waals surface area contributed by atoms with Crippen LogP contribution in [0, 0.1) is 5.82 Å². The fourth-order valence-electron chi connectivity index (χ4n) is 1.95. The van der Waals surface area contributed by atoms with Gasteiger partial charge < -0.3 is 15.2 Å². The van der Waals surface area contributed by atoms with Gasteiger partial charge in [-0.1, -0.05) is 12.1 Å². The van der Waals surface area contributed by atoms with Crippen LogP contribution in [0.25, 0.3) is 0 Å². The van der Waals surface area contributed by atoms with Crippen LogP contribution in [0.2, 0.25) is 0 Å². The van der Waals surface area contributed by atoms with Gasteiger partial charge in [0, 0.05) is 13.1 Å². The molecule has 0 bridgehead atoms. The standard InChI is InChI=1S/C13H15FN2O4/c14-9-3-1-2-4-10(9)15-12(17)8-16-5-6-20-11(7-16)13(18)19/h1-4,11H,5-8H2,(H,15,17)(H,18,19). The van der Waals surface area contributed by atoms with E-state index in [1.54, 1.807) is 11.0 Å². The number of nitrogens with one attached hydrogen (secondary N) is 1. The van der Waals surface area contributed by atoms with Crippen LogP contribution >= 0.6 is 0 Å². The number of carbonyl (C=O) groups is 2. The molecule has 1 unspecified atom stereocenters. The number of hydrogen-bond acceptors (Lipinski definition) is 4. The summed E-state index contributed by atoms with van der Waals surface area (Å²) in [4.78, 5) is 24.3. The predicted octanol–water partition coefficient (Wildman–Crippen LogP) is 0.550. The molecule has 1 heterocycles. The van der Waals surface area contributed by atoms with Crippen LogP contribution in [-0.4, -0.2) is 54.2 Å². The van der Waals surface area contributed by atoms with Gasteiger partial charge in [-0.05, 0) is 12.1 Å². The van der Waals surface area contributed by atoms with Gasteiger partial charge in [0.2, 0.25) is 5.91 Å². The Morgan fingerprint density at radius 1 is 1.45 bits per heavy atom. The molecule has 1 aliphatic heterocycles. The average molecular weight is 282 g/mol. The number of ether oxygens (including phenoxy) is 1. The summed E-state index contributed by atoms with van der Waals surface area (Å²) in [5.41, 5.74) is 0.112. The van der Waals surface area contributed by atoms with E-state index in [-0.39, 0.29) is 31.3 Å². The highest BCUT2D eigenvalue weighted by atomic mass is 19.1. The van der Waals surface area contributed by atoms with Crippen LogP contribution in [-0.2, 0) is 14.3 Å². The topological polar surface area (TPSA) is 78.9 Å². The van der Waals surface area contributed by atoms with Gasteiger partial charge in [-0.25, -0.2) is 9.18 Å². The molecule has 1 aliphatic rings. The lowest BCUT2D eigenvalue weighted by Gasteiger charge is -2.30. The highest BCUT2D eigenvalue weighted by molar-refractivity contribution is 5.92. The summed E-state index contributed by atoms with van der Waals surface area (Å²) < 4.78 is 18.4. The van der Waals surface area contributed by atoms with Crippen molar-refractivity contribution >= 4 is 17.6 Å². The maximum absolute atomic E-state index is 13.4. The molecule has 1 atom stereocenters. The zero-order valence-corrected chi connectivity index (χ0v) is 10.7. The SMILES string of the molecule is O=C(CN1CCOC(C(=O)O)C1)Nc1ccccc1F. The van der Waals surface area contributed by atoms with Crippen LogP contribution < -0.4 is 5.32 Å². The van der Waals surface area contributed by atoms with Crippen molar-refractivity contribution in [3.63, 3.8) is 0 Å². The van der Waals surface area contributed by atoms with Crippen molar-refractivity contribution in [1.82, 2.24) is 4.90 Å². The number of nitrogens with zero attached hydrogens (tertiary/aromatic N) is 1. The number of carboxylic acid groups (broad SMARTS) is 1. The number of hydrogen-bond donors (Lipinski definition) is 2. The highest BCUT2D eigenvalue weighted by Gasteiger charge is 2.27. The first-order chi connectivity index (χ1) is 9.56. The lowest BCUT2D eigenvalue weighted by molar-refractivity contribution is -0.156. The molecule has 2 N–H and O–H groups in total. The third kappa shape index (κ3) is 3.75. The predicted molar refractivity (Wildman–Crippen MR) is 68.8 cm³/mol. The third-order valence-corrected chi connectivity index (χ3v) is 2.94. The minimum atomic E-state index is -1.05. The van der Waals surface area contributed by atoms with Crippen molar-refractivity contribution in [2.24, 2.45) is 0 Å². The zero-order chi connectivity index (χ0) is 14.5. The summed E-state index contributed by atoms with van der Waals surface area (Å²) in [5, 5.41) is 11.3. The van der Waals surface area contributed by atoms with Gasteiger partial charge in [0.15, 0.2) is 6.10 Å². The van der Waals surface area contributed by atoms with Crippen molar-refractivity contribution in [3.05, 3.63) is 30.1 Å². The molecule has 1 fully saturated rings. The van der Waals surface area contributed by atoms with E-state index in [0.29, 0.717) is 6.54 Å². The van der Waals surface area contributed by atoms with Crippen molar-refractivity contribution in [1.29, 1.82) is 0 Å². The minimum absolute atomic E-state index is 0.00146. The molecule has 0 spiro atoms. The number of carboxylic acids is 1. The smallest absolute Gasteiger partial charge is 0.334 e. The second kappa shape index (κ2) is 6.44. The van der Waals surface area contributed by atoms with Gasteiger partial charge in [-0.15, -0.1) is 0 Å². The van der Waals surface area contributed by atoms with Crippen LogP contribution in [0.4, 0.5) is 10.1 Å². The maximum Gasteiger partial charge on any atom is 0.334 e. The summed E-state index contributed by atoms with van der Waals surface area (Å²) in [6, 6.07) is 5.87. The Morgan fingerprint density at radius 2 is 2.20 bits per heavy atom. The van der Waals surface area contributed by atoms with Crippen molar-refractivity contribution in [2.45, 2.75) is 6.10 Å². The summed E-state index contributed by atoms with van der Waals surface area (Å²) in [6.45, 7) is 0.861. The number of para-hydroxylation sites is 1. The largest absolute Gasteiger partial charge is 0.479 e. The Hall–Kier alpha value is -1.99. The molecule has 108 valence electrons. The molecule has 1 saturated heterocycles. The molecule has 1 aromatic carbocycles. The van der Waals surface area contributed by atoms with E-state index in [4.69, 9.17) is 9.84 Å². The molecule has 0 aliphatic carbocycles. The monoisotopic (exact) mass is 282 g/mol. The molecule has 6 nitrogen and oxygen atoms in total. The van der Waals surface area contributed by atoms with E-state index < -0.39 is 17.9 Å². The number of halogens is 1. The summed E-state index contributed by atoms with van der Waals surface area (Å²) in [7, 11) is 0. The van der Waals surface area contributed by atoms with Gasteiger partial charge in [-0.2, -0.15) is 0 Å². The second-order valence-electron chi connectivity index (χ2n) is 4.46. The molecule has 0 saturated carbocycles. The molecule has 1 amide bonds. The Kier molecular flexibility index (Phi) is 4.65. The van der Waals surface area contributed by atoms with Crippen LogP contribution in [0.15, 0.2) is 24.3 Å². The van der Waals surface area contributed by atoms with E-state index in [2.05, 4.69) is 5.32 Å². The van der Waals surface area contributed by atoms with Gasteiger partial charge in [-0.3, -0.25) is 9.69 Å². The second-order valence-corrected chi connectivity index (χ2v) is 4.46. The molecular formula is C13H15FN2O4. The van der Waals surface area contributed by atoms with Crippen LogP contribution in [0.5, 0.6) is 0 Å². The number of anilines is 1. The first-order valence-corrected chi connectivity index (χ1v) is 6.17. The van der Waals surface area contributed by atoms with Crippen molar-refractivity contribution < 1.29 is 23.8 Å². The zero-order valence-electron chi connectivity index (χ0n) is 10.7. The van der Waals surface area contributed by atoms with Crippen molar-refractivity contribution in [3.8, 4) is 0 Å². The fourth-order valence-corrected chi connectivity index (χ4v) is 1.95. The van der Waals surface area contributed by atoms with E-state index in [1.165, 1.54) is 18.2 Å². The van der Waals surface area contributed by atoms with E-state index in [9.17, 15) is 14.0 Å². The van der Waals surface area contributed by atoms with Crippen LogP contribution in [0.1, 0.15) is 0 Å². The first-order valence-electron chi connectivity index (χ1n) is 6.17. The summed E-state index contributed by atoms with van der Waals surface area (Å²) >= 11 is 0. The molecule has 0 radical (unpaired) electrons. The molecule has 1 aromatic rings. The molecule has 2 rings (SSSR count). The van der Waals surface area contributed by atoms with Gasteiger partial charge >= 0.3 is 5.97 Å². The maximum atomic E-state index is 13.4. The Labute approximate surface area is 115 Å². The third-order valence-electron chi connectivity index (χ3n) is 2.94. The number of amides is 1. The van der Waals surface area contributed by atoms with E-state index >= 15 is 0 Å². The number of aliphatic carboxylic acids is 1. The molecular weight excluding hydrogens is 267 g/mol.